The lowest BCUT2D eigenvalue weighted by atomic mass is 9.98. The molecule has 0 atom stereocenters. The third kappa shape index (κ3) is 2.19. The van der Waals surface area contributed by atoms with Gasteiger partial charge in [0.2, 0.25) is 0 Å². The normalized spacial score (nSPS) is 12.2. The lowest BCUT2D eigenvalue weighted by Gasteiger charge is -2.20. The van der Waals surface area contributed by atoms with Crippen molar-refractivity contribution in [1.29, 1.82) is 0 Å². The fourth-order valence-electron chi connectivity index (χ4n) is 1.01. The first-order chi connectivity index (χ1) is 5.94. The quantitative estimate of drug-likeness (QED) is 0.681. The third-order valence-electron chi connectivity index (χ3n) is 1.95. The molecule has 0 saturated heterocycles. The molecule has 0 saturated carbocycles. The molecule has 72 valence electrons. The number of halogens is 3. The van der Waals surface area contributed by atoms with Crippen LogP contribution in [0.5, 0.6) is 0 Å². The average molecular weight is 205 g/mol. The zero-order chi connectivity index (χ0) is 10.1. The molecule has 1 aromatic carbocycles. The van der Waals surface area contributed by atoms with Crippen LogP contribution in [-0.2, 0) is 5.92 Å². The van der Waals surface area contributed by atoms with E-state index in [1.807, 2.05) is 0 Å². The number of hydrogen-bond acceptors (Lipinski definition) is 0. The van der Waals surface area contributed by atoms with Gasteiger partial charge in [0.15, 0.2) is 0 Å². The molecule has 0 aliphatic heterocycles. The Kier molecular flexibility index (Phi) is 2.91. The summed E-state index contributed by atoms with van der Waals surface area (Å²) >= 11 is 5.60. The Bertz CT molecular complexity index is 277. The summed E-state index contributed by atoms with van der Waals surface area (Å²) in [5.41, 5.74) is 0.0203. The lowest BCUT2D eigenvalue weighted by Crippen LogP contribution is -2.20. The van der Waals surface area contributed by atoms with Gasteiger partial charge in [-0.3, -0.25) is 0 Å². The van der Waals surface area contributed by atoms with Gasteiger partial charge in [0.25, 0.3) is 5.92 Å². The summed E-state index contributed by atoms with van der Waals surface area (Å²) in [5.74, 6) is -3.47. The van der Waals surface area contributed by atoms with Crippen LogP contribution in [0.3, 0.4) is 0 Å². The van der Waals surface area contributed by atoms with E-state index in [0.717, 1.165) is 0 Å². The van der Waals surface area contributed by atoms with E-state index in [1.54, 1.807) is 0 Å². The van der Waals surface area contributed by atoms with Crippen molar-refractivity contribution in [3.8, 4) is 0 Å². The molecule has 13 heavy (non-hydrogen) atoms. The molecule has 0 fully saturated rings. The molecule has 0 heterocycles. The van der Waals surface area contributed by atoms with Gasteiger partial charge in [-0.25, -0.2) is 8.78 Å². The van der Waals surface area contributed by atoms with E-state index in [1.165, 1.54) is 38.1 Å². The topological polar surface area (TPSA) is 0 Å². The standard InChI is InChI=1S/C10H11ClF2/c1-7(2)10(12,13)8-3-5-9(11)6-4-8/h3-7H,1-2H3. The van der Waals surface area contributed by atoms with Crippen LogP contribution in [0.2, 0.25) is 5.02 Å². The molecule has 1 rings (SSSR count). The van der Waals surface area contributed by atoms with E-state index in [4.69, 9.17) is 11.6 Å². The maximum absolute atomic E-state index is 13.4. The van der Waals surface area contributed by atoms with Gasteiger partial charge in [0.1, 0.15) is 0 Å². The highest BCUT2D eigenvalue weighted by atomic mass is 35.5. The summed E-state index contributed by atoms with van der Waals surface area (Å²) < 4.78 is 26.7. The minimum atomic E-state index is -2.77. The first-order valence-electron chi connectivity index (χ1n) is 4.08. The molecule has 0 N–H and O–H groups in total. The van der Waals surface area contributed by atoms with Crippen molar-refractivity contribution in [2.45, 2.75) is 19.8 Å². The van der Waals surface area contributed by atoms with Gasteiger partial charge in [-0.1, -0.05) is 37.6 Å². The van der Waals surface area contributed by atoms with Gasteiger partial charge >= 0.3 is 0 Å². The van der Waals surface area contributed by atoms with E-state index < -0.39 is 11.8 Å². The van der Waals surface area contributed by atoms with Crippen molar-refractivity contribution < 1.29 is 8.78 Å². The van der Waals surface area contributed by atoms with Gasteiger partial charge in [-0.15, -0.1) is 0 Å². The number of hydrogen-bond donors (Lipinski definition) is 0. The Balaban J connectivity index is 3.01. The van der Waals surface area contributed by atoms with Crippen LogP contribution in [0.15, 0.2) is 24.3 Å². The Morgan fingerprint density at radius 2 is 1.62 bits per heavy atom. The molecular weight excluding hydrogens is 194 g/mol. The van der Waals surface area contributed by atoms with Crippen LogP contribution in [0.1, 0.15) is 19.4 Å². The van der Waals surface area contributed by atoms with E-state index >= 15 is 0 Å². The molecule has 3 heteroatoms. The molecule has 0 aromatic heterocycles. The van der Waals surface area contributed by atoms with Crippen LogP contribution in [0.25, 0.3) is 0 Å². The molecule has 0 spiro atoms. The van der Waals surface area contributed by atoms with Crippen LogP contribution < -0.4 is 0 Å². The second-order valence-electron chi connectivity index (χ2n) is 3.28. The molecule has 0 aliphatic carbocycles. The van der Waals surface area contributed by atoms with Crippen molar-refractivity contribution in [3.63, 3.8) is 0 Å². The van der Waals surface area contributed by atoms with Gasteiger partial charge in [-0.05, 0) is 12.1 Å². The van der Waals surface area contributed by atoms with Crippen molar-refractivity contribution in [3.05, 3.63) is 34.9 Å². The molecular formula is C10H11ClF2. The number of benzene rings is 1. The molecule has 0 unspecified atom stereocenters. The molecule has 0 aliphatic rings. The zero-order valence-corrected chi connectivity index (χ0v) is 8.28. The Morgan fingerprint density at radius 3 is 2.00 bits per heavy atom. The first kappa shape index (κ1) is 10.5. The highest BCUT2D eigenvalue weighted by molar-refractivity contribution is 6.30. The first-order valence-corrected chi connectivity index (χ1v) is 4.46. The smallest absolute Gasteiger partial charge is 0.201 e. The van der Waals surface area contributed by atoms with Gasteiger partial charge in [-0.2, -0.15) is 0 Å². The van der Waals surface area contributed by atoms with Crippen molar-refractivity contribution in [2.24, 2.45) is 5.92 Å². The van der Waals surface area contributed by atoms with Crippen LogP contribution >= 0.6 is 11.6 Å². The minimum absolute atomic E-state index is 0.0203. The Labute approximate surface area is 81.5 Å². The predicted octanol–water partition coefficient (Wildman–Crippen LogP) is 4.09. The molecule has 0 radical (unpaired) electrons. The second-order valence-corrected chi connectivity index (χ2v) is 3.72. The molecule has 0 amide bonds. The summed E-state index contributed by atoms with van der Waals surface area (Å²) in [6.45, 7) is 2.99. The van der Waals surface area contributed by atoms with Gasteiger partial charge < -0.3 is 0 Å². The highest BCUT2D eigenvalue weighted by Crippen LogP contribution is 2.35. The predicted molar refractivity (Wildman–Crippen MR) is 50.2 cm³/mol. The van der Waals surface area contributed by atoms with Crippen molar-refractivity contribution >= 4 is 11.6 Å². The maximum Gasteiger partial charge on any atom is 0.275 e. The van der Waals surface area contributed by atoms with Gasteiger partial charge in [0, 0.05) is 16.5 Å². The van der Waals surface area contributed by atoms with Crippen molar-refractivity contribution in [2.75, 3.05) is 0 Å². The monoisotopic (exact) mass is 204 g/mol. The van der Waals surface area contributed by atoms with Crippen molar-refractivity contribution in [1.82, 2.24) is 0 Å². The molecule has 0 bridgehead atoms. The SMILES string of the molecule is CC(C)C(F)(F)c1ccc(Cl)cc1. The van der Waals surface area contributed by atoms with Crippen LogP contribution in [0.4, 0.5) is 8.78 Å². The van der Waals surface area contributed by atoms with E-state index in [9.17, 15) is 8.78 Å². The summed E-state index contributed by atoms with van der Waals surface area (Å²) in [5, 5.41) is 0.475. The fourth-order valence-corrected chi connectivity index (χ4v) is 1.13. The Morgan fingerprint density at radius 1 is 1.15 bits per heavy atom. The molecule has 0 nitrogen and oxygen atoms in total. The maximum atomic E-state index is 13.4. The number of alkyl halides is 2. The fraction of sp³-hybridized carbons (Fsp3) is 0.400. The summed E-state index contributed by atoms with van der Waals surface area (Å²) in [4.78, 5) is 0. The molecule has 1 aromatic rings. The average Bonchev–Trinajstić information content (AvgIpc) is 2.04. The lowest BCUT2D eigenvalue weighted by molar-refractivity contribution is -0.0513. The second kappa shape index (κ2) is 3.62. The zero-order valence-electron chi connectivity index (χ0n) is 7.52. The summed E-state index contributed by atoms with van der Waals surface area (Å²) in [6, 6.07) is 5.69. The van der Waals surface area contributed by atoms with Crippen LogP contribution in [0, 0.1) is 5.92 Å². The third-order valence-corrected chi connectivity index (χ3v) is 2.21. The van der Waals surface area contributed by atoms with Gasteiger partial charge in [0.05, 0.1) is 0 Å². The minimum Gasteiger partial charge on any atom is -0.201 e. The van der Waals surface area contributed by atoms with E-state index in [0.29, 0.717) is 5.02 Å². The highest BCUT2D eigenvalue weighted by Gasteiger charge is 2.35. The summed E-state index contributed by atoms with van der Waals surface area (Å²) in [6.07, 6.45) is 0. The van der Waals surface area contributed by atoms with E-state index in [2.05, 4.69) is 0 Å². The summed E-state index contributed by atoms with van der Waals surface area (Å²) in [7, 11) is 0. The number of rotatable bonds is 2. The Hall–Kier alpha value is -0.630. The van der Waals surface area contributed by atoms with E-state index in [-0.39, 0.29) is 5.56 Å². The largest absolute Gasteiger partial charge is 0.275 e. The van der Waals surface area contributed by atoms with Crippen LogP contribution in [-0.4, -0.2) is 0 Å².